The predicted octanol–water partition coefficient (Wildman–Crippen LogP) is 5.38. The van der Waals surface area contributed by atoms with Crippen LogP contribution in [0.1, 0.15) is 47.3 Å². The van der Waals surface area contributed by atoms with Crippen molar-refractivity contribution in [1.82, 2.24) is 24.6 Å². The van der Waals surface area contributed by atoms with Gasteiger partial charge in [-0.2, -0.15) is 9.97 Å². The van der Waals surface area contributed by atoms with E-state index in [0.717, 1.165) is 17.2 Å². The van der Waals surface area contributed by atoms with E-state index in [1.54, 1.807) is 13.3 Å². The summed E-state index contributed by atoms with van der Waals surface area (Å²) in [6, 6.07) is 13.1. The molecule has 230 valence electrons. The number of carbonyl (C=O) groups is 1. The molecule has 0 spiro atoms. The van der Waals surface area contributed by atoms with Crippen molar-refractivity contribution in [1.29, 1.82) is 0 Å². The molecule has 5 rings (SSSR count). The Hall–Kier alpha value is -3.57. The van der Waals surface area contributed by atoms with Gasteiger partial charge in [-0.25, -0.2) is 10.1 Å². The Morgan fingerprint density at radius 3 is 2.74 bits per heavy atom. The number of imidazole rings is 1. The number of ether oxygens (including phenoxy) is 3. The molecule has 2 aromatic carbocycles. The Kier molecular flexibility index (Phi) is 9.31. The molecular weight excluding hydrogens is 571 g/mol. The normalized spacial score (nSPS) is 20.3. The maximum absolute atomic E-state index is 12.8. The van der Waals surface area contributed by atoms with Gasteiger partial charge in [0, 0.05) is 11.3 Å². The van der Waals surface area contributed by atoms with Crippen LogP contribution in [0.25, 0.3) is 21.9 Å². The number of aromatic nitrogens is 4. The largest absolute Gasteiger partial charge is 0.479 e. The molecule has 2 aromatic heterocycles. The zero-order chi connectivity index (χ0) is 30.7. The first kappa shape index (κ1) is 30.9. The van der Waals surface area contributed by atoms with Crippen molar-refractivity contribution in [2.45, 2.75) is 59.4 Å². The number of nitrogens with one attached hydrogen (secondary N) is 1. The highest BCUT2D eigenvalue weighted by atomic mass is 31.2. The van der Waals surface area contributed by atoms with Crippen molar-refractivity contribution in [2.24, 2.45) is 11.3 Å². The number of nitrogen functional groups attached to an aromatic ring is 1. The average molecular weight is 611 g/mol. The van der Waals surface area contributed by atoms with Gasteiger partial charge in [0.25, 0.3) is 0 Å². The van der Waals surface area contributed by atoms with Gasteiger partial charge in [-0.1, -0.05) is 64.1 Å². The van der Waals surface area contributed by atoms with E-state index in [9.17, 15) is 4.79 Å². The Labute approximate surface area is 252 Å². The monoisotopic (exact) mass is 610 g/mol. The molecule has 13 heteroatoms. The number of rotatable bonds is 11. The summed E-state index contributed by atoms with van der Waals surface area (Å²) in [7, 11) is -0.239. The first-order chi connectivity index (χ1) is 20.5. The molecule has 43 heavy (non-hydrogen) atoms. The minimum Gasteiger partial charge on any atom is -0.479 e. The summed E-state index contributed by atoms with van der Waals surface area (Å²) in [6.07, 6.45) is 1.80. The molecular formula is C30H39N6O6P. The van der Waals surface area contributed by atoms with Crippen molar-refractivity contribution < 1.29 is 28.1 Å². The summed E-state index contributed by atoms with van der Waals surface area (Å²) < 4.78 is 31.8. The lowest BCUT2D eigenvalue weighted by Crippen LogP contribution is -2.35. The number of nitrogens with two attached hydrogens (primary N) is 1. The van der Waals surface area contributed by atoms with Gasteiger partial charge in [-0.3, -0.25) is 9.36 Å². The minimum absolute atomic E-state index is 0.0917. The summed E-state index contributed by atoms with van der Waals surface area (Å²) in [4.78, 5) is 25.7. The van der Waals surface area contributed by atoms with Crippen LogP contribution in [-0.4, -0.2) is 58.0 Å². The summed E-state index contributed by atoms with van der Waals surface area (Å²) in [5, 5.41) is 5.20. The fourth-order valence-electron chi connectivity index (χ4n) is 4.83. The van der Waals surface area contributed by atoms with Gasteiger partial charge >= 0.3 is 14.5 Å². The lowest BCUT2D eigenvalue weighted by Gasteiger charge is -2.25. The van der Waals surface area contributed by atoms with Crippen LogP contribution in [0.2, 0.25) is 0 Å². The van der Waals surface area contributed by atoms with Crippen molar-refractivity contribution in [3.05, 3.63) is 48.8 Å². The van der Waals surface area contributed by atoms with E-state index in [0.29, 0.717) is 29.4 Å². The number of methoxy groups -OCH3 is 1. The van der Waals surface area contributed by atoms with Crippen LogP contribution in [0.5, 0.6) is 11.6 Å². The van der Waals surface area contributed by atoms with Crippen LogP contribution < -0.4 is 20.1 Å². The molecule has 3 heterocycles. The molecule has 0 amide bonds. The quantitative estimate of drug-likeness (QED) is 0.167. The van der Waals surface area contributed by atoms with Crippen LogP contribution in [0, 0.1) is 11.3 Å². The number of hydrogen-bond donors (Lipinski definition) is 2. The smallest absolute Gasteiger partial charge is 0.323 e. The third kappa shape index (κ3) is 7.33. The maximum atomic E-state index is 12.8. The zero-order valence-electron chi connectivity index (χ0n) is 25.3. The number of benzene rings is 2. The highest BCUT2D eigenvalue weighted by Gasteiger charge is 2.36. The minimum atomic E-state index is -1.75. The number of hydrogen-bond acceptors (Lipinski definition) is 11. The molecule has 1 aliphatic heterocycles. The number of fused-ring (bicyclic) bond motifs is 2. The van der Waals surface area contributed by atoms with Crippen LogP contribution in [-0.2, 0) is 18.8 Å². The van der Waals surface area contributed by atoms with Gasteiger partial charge in [0.1, 0.15) is 18.0 Å². The molecule has 3 N–H and O–H groups in total. The van der Waals surface area contributed by atoms with Crippen molar-refractivity contribution in [3.63, 3.8) is 0 Å². The van der Waals surface area contributed by atoms with Crippen LogP contribution in [0.15, 0.2) is 48.8 Å². The van der Waals surface area contributed by atoms with Crippen LogP contribution in [0.4, 0.5) is 5.95 Å². The summed E-state index contributed by atoms with van der Waals surface area (Å²) in [5.41, 5.74) is 6.81. The van der Waals surface area contributed by atoms with E-state index in [4.69, 9.17) is 29.0 Å². The Balaban J connectivity index is 1.30. The van der Waals surface area contributed by atoms with E-state index < -0.39 is 14.6 Å². The van der Waals surface area contributed by atoms with Crippen LogP contribution >= 0.6 is 8.53 Å². The van der Waals surface area contributed by atoms with Crippen LogP contribution in [0.3, 0.4) is 0 Å². The second-order valence-corrected chi connectivity index (χ2v) is 13.1. The van der Waals surface area contributed by atoms with E-state index >= 15 is 0 Å². The molecule has 1 fully saturated rings. The van der Waals surface area contributed by atoms with E-state index in [2.05, 4.69) is 27.0 Å². The predicted molar refractivity (Wildman–Crippen MR) is 164 cm³/mol. The third-order valence-electron chi connectivity index (χ3n) is 6.94. The average Bonchev–Trinajstić information content (AvgIpc) is 3.56. The van der Waals surface area contributed by atoms with E-state index in [1.807, 2.05) is 67.8 Å². The topological polar surface area (TPSA) is 145 Å². The van der Waals surface area contributed by atoms with Gasteiger partial charge in [0.15, 0.2) is 11.2 Å². The first-order valence-corrected chi connectivity index (χ1v) is 15.4. The van der Waals surface area contributed by atoms with Crippen molar-refractivity contribution >= 4 is 42.4 Å². The highest BCUT2D eigenvalue weighted by molar-refractivity contribution is 7.45. The Morgan fingerprint density at radius 2 is 1.98 bits per heavy atom. The molecule has 5 unspecified atom stereocenters. The summed E-state index contributed by atoms with van der Waals surface area (Å²) in [5.74, 6) is 0.805. The first-order valence-electron chi connectivity index (χ1n) is 14.2. The van der Waals surface area contributed by atoms with E-state index in [-0.39, 0.29) is 42.2 Å². The molecule has 1 saturated heterocycles. The fraction of sp³-hybridized carbons (Fsp3) is 0.467. The van der Waals surface area contributed by atoms with Gasteiger partial charge in [0.05, 0.1) is 32.8 Å². The Morgan fingerprint density at radius 1 is 1.21 bits per heavy atom. The summed E-state index contributed by atoms with van der Waals surface area (Å²) in [6.45, 7) is 10.4. The molecule has 4 aromatic rings. The molecule has 5 atom stereocenters. The maximum Gasteiger partial charge on any atom is 0.323 e. The fourth-order valence-corrected chi connectivity index (χ4v) is 6.07. The molecule has 0 saturated carbocycles. The highest BCUT2D eigenvalue weighted by Crippen LogP contribution is 2.42. The molecule has 0 bridgehead atoms. The van der Waals surface area contributed by atoms with E-state index in [1.165, 1.54) is 7.11 Å². The second-order valence-electron chi connectivity index (χ2n) is 11.9. The lowest BCUT2D eigenvalue weighted by atomic mass is 9.99. The molecule has 0 radical (unpaired) electrons. The summed E-state index contributed by atoms with van der Waals surface area (Å²) >= 11 is 0. The molecule has 12 nitrogen and oxygen atoms in total. The van der Waals surface area contributed by atoms with Gasteiger partial charge in [-0.05, 0) is 30.2 Å². The number of esters is 1. The third-order valence-corrected chi connectivity index (χ3v) is 8.28. The number of nitrogens with zero attached hydrogens (tertiary/aromatic N) is 4. The van der Waals surface area contributed by atoms with Gasteiger partial charge in [0.2, 0.25) is 11.8 Å². The van der Waals surface area contributed by atoms with Gasteiger partial charge in [-0.15, -0.1) is 0 Å². The van der Waals surface area contributed by atoms with Gasteiger partial charge < -0.3 is 29.0 Å². The van der Waals surface area contributed by atoms with Crippen molar-refractivity contribution in [2.75, 3.05) is 26.1 Å². The van der Waals surface area contributed by atoms with Crippen molar-refractivity contribution in [3.8, 4) is 11.6 Å². The molecule has 1 aliphatic rings. The number of anilines is 1. The molecule has 0 aliphatic carbocycles. The lowest BCUT2D eigenvalue weighted by molar-refractivity contribution is -0.148. The second kappa shape index (κ2) is 13.0. The number of carbonyl (C=O) groups excluding carboxylic acids is 1. The SMILES string of the molecule is COc1nc(N)nc2c1ncn2C1OC(COP(NC(C)C(=O)OCC(C)(C)C)Oc2cccc3ccccc23)CC1C. The Bertz CT molecular complexity index is 1570. The standard InChI is InChI=1S/C30H39N6O6P/c1-18-14-21(41-27(18)36-17-32-24-25(36)33-29(31)34-26(24)38-6)15-40-43(35-19(2)28(37)39-16-30(3,4)5)42-23-13-9-11-20-10-7-8-12-22(20)23/h7-13,17-19,21,27,35H,14-16H2,1-6H3,(H2,31,33,34). The zero-order valence-corrected chi connectivity index (χ0v) is 26.2.